The van der Waals surface area contributed by atoms with Crippen molar-refractivity contribution in [2.24, 2.45) is 0 Å². The van der Waals surface area contributed by atoms with Gasteiger partial charge in [0.2, 0.25) is 0 Å². The van der Waals surface area contributed by atoms with Crippen LogP contribution in [0.2, 0.25) is 5.15 Å². The zero-order valence-corrected chi connectivity index (χ0v) is 8.32. The van der Waals surface area contributed by atoms with Crippen molar-refractivity contribution in [2.45, 2.75) is 0 Å². The lowest BCUT2D eigenvalue weighted by Crippen LogP contribution is -1.84. The second-order valence-electron chi connectivity index (χ2n) is 2.78. The molecule has 3 nitrogen and oxygen atoms in total. The maximum atomic E-state index is 10.1. The van der Waals surface area contributed by atoms with Gasteiger partial charge in [0.1, 0.15) is 11.5 Å². The second-order valence-corrected chi connectivity index (χ2v) is 3.14. The van der Waals surface area contributed by atoms with Gasteiger partial charge in [-0.1, -0.05) is 17.5 Å². The number of halogens is 1. The van der Waals surface area contributed by atoms with Gasteiger partial charge in [-0.15, -0.1) is 0 Å². The summed E-state index contributed by atoms with van der Waals surface area (Å²) in [5.41, 5.74) is 1.47. The SMILES string of the molecule is O=CC#Cc1ccc2ncnc(Cl)c2c1. The molecule has 0 aliphatic rings. The number of aromatic nitrogens is 2. The zero-order chi connectivity index (χ0) is 10.7. The summed E-state index contributed by atoms with van der Waals surface area (Å²) in [6, 6.07) is 5.33. The monoisotopic (exact) mass is 216 g/mol. The van der Waals surface area contributed by atoms with Crippen LogP contribution in [0.1, 0.15) is 5.56 Å². The van der Waals surface area contributed by atoms with Gasteiger partial charge in [-0.2, -0.15) is 0 Å². The van der Waals surface area contributed by atoms with Crippen LogP contribution in [0.4, 0.5) is 0 Å². The summed E-state index contributed by atoms with van der Waals surface area (Å²) in [5.74, 6) is 5.02. The summed E-state index contributed by atoms with van der Waals surface area (Å²) in [6.45, 7) is 0. The van der Waals surface area contributed by atoms with E-state index in [1.165, 1.54) is 6.33 Å². The summed E-state index contributed by atoms with van der Waals surface area (Å²) in [6.07, 6.45) is 1.95. The van der Waals surface area contributed by atoms with Crippen molar-refractivity contribution in [3.8, 4) is 11.8 Å². The summed E-state index contributed by atoms with van der Waals surface area (Å²) in [5, 5.41) is 1.12. The van der Waals surface area contributed by atoms with Crippen LogP contribution in [-0.4, -0.2) is 16.3 Å². The fraction of sp³-hybridized carbons (Fsp3) is 0. The Morgan fingerprint density at radius 2 is 2.20 bits per heavy atom. The van der Waals surface area contributed by atoms with Crippen molar-refractivity contribution in [1.82, 2.24) is 9.97 Å². The molecule has 2 rings (SSSR count). The third-order valence-corrected chi connectivity index (χ3v) is 2.16. The maximum Gasteiger partial charge on any atom is 0.193 e. The molecule has 4 heteroatoms. The van der Waals surface area contributed by atoms with Crippen molar-refractivity contribution >= 4 is 28.8 Å². The number of hydrogen-bond donors (Lipinski definition) is 0. The minimum Gasteiger partial charge on any atom is -0.289 e. The molecule has 0 radical (unpaired) electrons. The molecule has 1 aromatic carbocycles. The lowest BCUT2D eigenvalue weighted by molar-refractivity contribution is -0.103. The van der Waals surface area contributed by atoms with Crippen LogP contribution in [0.3, 0.4) is 0 Å². The Balaban J connectivity index is 2.64. The fourth-order valence-electron chi connectivity index (χ4n) is 1.22. The molecule has 0 aliphatic carbocycles. The van der Waals surface area contributed by atoms with E-state index >= 15 is 0 Å². The van der Waals surface area contributed by atoms with Gasteiger partial charge in [0.15, 0.2) is 6.29 Å². The molecule has 0 unspecified atom stereocenters. The lowest BCUT2D eigenvalue weighted by Gasteiger charge is -1.98. The Hall–Kier alpha value is -1.92. The molecule has 0 atom stereocenters. The molecule has 0 saturated carbocycles. The highest BCUT2D eigenvalue weighted by Crippen LogP contribution is 2.19. The van der Waals surface area contributed by atoms with Gasteiger partial charge in [0, 0.05) is 10.9 Å². The highest BCUT2D eigenvalue weighted by Gasteiger charge is 2.00. The maximum absolute atomic E-state index is 10.1. The van der Waals surface area contributed by atoms with E-state index in [4.69, 9.17) is 11.6 Å². The van der Waals surface area contributed by atoms with E-state index in [1.54, 1.807) is 18.2 Å². The highest BCUT2D eigenvalue weighted by atomic mass is 35.5. The first-order valence-corrected chi connectivity index (χ1v) is 4.54. The minimum atomic E-state index is 0.384. The van der Waals surface area contributed by atoms with Crippen LogP contribution in [0.15, 0.2) is 24.5 Å². The van der Waals surface area contributed by atoms with Crippen LogP contribution < -0.4 is 0 Å². The van der Waals surface area contributed by atoms with E-state index in [-0.39, 0.29) is 0 Å². The quantitative estimate of drug-likeness (QED) is 0.383. The standard InChI is InChI=1S/C11H5ClN2O/c12-11-9-6-8(2-1-5-15)3-4-10(9)13-7-14-11/h3-7H. The predicted molar refractivity (Wildman–Crippen MR) is 57.5 cm³/mol. The first kappa shape index (κ1) is 9.63. The molecule has 0 spiro atoms. The van der Waals surface area contributed by atoms with Crippen LogP contribution in [-0.2, 0) is 4.79 Å². The molecule has 0 amide bonds. The number of carbonyl (C=O) groups excluding carboxylic acids is 1. The second kappa shape index (κ2) is 4.07. The Morgan fingerprint density at radius 1 is 1.33 bits per heavy atom. The summed E-state index contributed by atoms with van der Waals surface area (Å²) >= 11 is 5.89. The first-order valence-electron chi connectivity index (χ1n) is 4.17. The summed E-state index contributed by atoms with van der Waals surface area (Å²) in [7, 11) is 0. The smallest absolute Gasteiger partial charge is 0.193 e. The van der Waals surface area contributed by atoms with Gasteiger partial charge in [0.25, 0.3) is 0 Å². The topological polar surface area (TPSA) is 42.9 Å². The van der Waals surface area contributed by atoms with Gasteiger partial charge < -0.3 is 0 Å². The molecular weight excluding hydrogens is 212 g/mol. The average molecular weight is 217 g/mol. The zero-order valence-electron chi connectivity index (χ0n) is 7.57. The summed E-state index contributed by atoms with van der Waals surface area (Å²) < 4.78 is 0. The number of aldehydes is 1. The number of rotatable bonds is 0. The van der Waals surface area contributed by atoms with Gasteiger partial charge in [0.05, 0.1) is 5.52 Å². The van der Waals surface area contributed by atoms with E-state index in [2.05, 4.69) is 21.8 Å². The molecule has 0 saturated heterocycles. The molecular formula is C11H5ClN2O. The molecule has 1 heterocycles. The summed E-state index contributed by atoms with van der Waals surface area (Å²) in [4.78, 5) is 18.0. The van der Waals surface area contributed by atoms with Gasteiger partial charge in [-0.3, -0.25) is 4.79 Å². The Kier molecular flexibility index (Phi) is 2.61. The molecule has 72 valence electrons. The molecule has 15 heavy (non-hydrogen) atoms. The first-order chi connectivity index (χ1) is 7.31. The number of nitrogens with zero attached hydrogens (tertiary/aromatic N) is 2. The van der Waals surface area contributed by atoms with Gasteiger partial charge in [-0.05, 0) is 24.1 Å². The van der Waals surface area contributed by atoms with Crippen molar-refractivity contribution in [1.29, 1.82) is 0 Å². The number of hydrogen-bond acceptors (Lipinski definition) is 3. The molecule has 0 N–H and O–H groups in total. The van der Waals surface area contributed by atoms with Gasteiger partial charge in [-0.25, -0.2) is 9.97 Å². The van der Waals surface area contributed by atoms with Crippen LogP contribution in [0.25, 0.3) is 10.9 Å². The predicted octanol–water partition coefficient (Wildman–Crippen LogP) is 1.83. The normalized spacial score (nSPS) is 9.40. The van der Waals surface area contributed by atoms with E-state index in [0.717, 1.165) is 10.9 Å². The highest BCUT2D eigenvalue weighted by molar-refractivity contribution is 6.34. The van der Waals surface area contributed by atoms with Crippen LogP contribution in [0.5, 0.6) is 0 Å². The van der Waals surface area contributed by atoms with E-state index in [1.807, 2.05) is 0 Å². The third kappa shape index (κ3) is 1.95. The van der Waals surface area contributed by atoms with E-state index in [9.17, 15) is 4.79 Å². The average Bonchev–Trinajstić information content (AvgIpc) is 2.27. The minimum absolute atomic E-state index is 0.384. The molecule has 0 fully saturated rings. The van der Waals surface area contributed by atoms with Gasteiger partial charge >= 0.3 is 0 Å². The van der Waals surface area contributed by atoms with E-state index in [0.29, 0.717) is 17.0 Å². The van der Waals surface area contributed by atoms with Crippen LogP contribution >= 0.6 is 11.6 Å². The van der Waals surface area contributed by atoms with Crippen LogP contribution in [0, 0.1) is 11.8 Å². The van der Waals surface area contributed by atoms with E-state index < -0.39 is 0 Å². The lowest BCUT2D eigenvalue weighted by atomic mass is 10.1. The fourth-order valence-corrected chi connectivity index (χ4v) is 1.41. The van der Waals surface area contributed by atoms with Crippen molar-refractivity contribution < 1.29 is 4.79 Å². The number of benzene rings is 1. The molecule has 1 aromatic heterocycles. The number of fused-ring (bicyclic) bond motifs is 1. The Bertz CT molecular complexity index is 584. The largest absolute Gasteiger partial charge is 0.289 e. The Morgan fingerprint density at radius 3 is 3.00 bits per heavy atom. The number of carbonyl (C=O) groups is 1. The third-order valence-electron chi connectivity index (χ3n) is 1.86. The molecule has 0 aliphatic heterocycles. The van der Waals surface area contributed by atoms with Crippen molar-refractivity contribution in [2.75, 3.05) is 0 Å². The van der Waals surface area contributed by atoms with Crippen molar-refractivity contribution in [3.63, 3.8) is 0 Å². The van der Waals surface area contributed by atoms with Crippen molar-refractivity contribution in [3.05, 3.63) is 35.2 Å². The molecule has 0 bridgehead atoms. The molecule has 2 aromatic rings. The Labute approximate surface area is 91.1 Å².